The van der Waals surface area contributed by atoms with Crippen LogP contribution >= 0.6 is 11.3 Å². The molecule has 0 bridgehead atoms. The fraction of sp³-hybridized carbons (Fsp3) is 0.312. The van der Waals surface area contributed by atoms with E-state index in [1.54, 1.807) is 23.5 Å². The lowest BCUT2D eigenvalue weighted by Gasteiger charge is -2.27. The molecule has 1 aromatic heterocycles. The topological polar surface area (TPSA) is 87.5 Å². The van der Waals surface area contributed by atoms with Gasteiger partial charge in [0.1, 0.15) is 11.2 Å². The van der Waals surface area contributed by atoms with Crippen LogP contribution in [0.2, 0.25) is 0 Å². The van der Waals surface area contributed by atoms with Gasteiger partial charge >= 0.3 is 0 Å². The minimum Gasteiger partial charge on any atom is -0.353 e. The van der Waals surface area contributed by atoms with Crippen molar-refractivity contribution in [2.75, 3.05) is 18.9 Å². The predicted molar refractivity (Wildman–Crippen MR) is 91.3 cm³/mol. The molecule has 2 N–H and O–H groups in total. The molecule has 2 aromatic rings. The van der Waals surface area contributed by atoms with Crippen LogP contribution in [0.4, 0.5) is 10.7 Å². The Kier molecular flexibility index (Phi) is 3.50. The Morgan fingerprint density at radius 3 is 2.75 bits per heavy atom. The lowest BCUT2D eigenvalue weighted by atomic mass is 10.0. The maximum Gasteiger partial charge on any atom is 0.269 e. The number of nitro groups is 1. The standard InChI is InChI=1S/C16H16N4O3S/c1-19-7-6-11-12(8-19)24-16-13(11)15(21)17-14(18-16)9-2-4-10(5-3-9)20(22)23/h2-5,14,18H,6-8H2,1H3,(H,17,21). The first-order valence-corrected chi connectivity index (χ1v) is 8.49. The molecule has 2 aliphatic heterocycles. The summed E-state index contributed by atoms with van der Waals surface area (Å²) in [7, 11) is 2.08. The Morgan fingerprint density at radius 2 is 2.04 bits per heavy atom. The van der Waals surface area contributed by atoms with E-state index in [9.17, 15) is 14.9 Å². The number of nitrogens with one attached hydrogen (secondary N) is 2. The van der Waals surface area contributed by atoms with Gasteiger partial charge in [-0.25, -0.2) is 0 Å². The number of nitro benzene ring substituents is 1. The maximum atomic E-state index is 12.6. The van der Waals surface area contributed by atoms with Crippen molar-refractivity contribution in [3.8, 4) is 0 Å². The average molecular weight is 344 g/mol. The third-order valence-corrected chi connectivity index (χ3v) is 5.61. The van der Waals surface area contributed by atoms with Crippen molar-refractivity contribution in [3.05, 3.63) is 55.9 Å². The van der Waals surface area contributed by atoms with Crippen LogP contribution in [0.25, 0.3) is 0 Å². The second kappa shape index (κ2) is 5.57. The van der Waals surface area contributed by atoms with Gasteiger partial charge in [-0.05, 0) is 36.7 Å². The first-order valence-electron chi connectivity index (χ1n) is 7.68. The smallest absolute Gasteiger partial charge is 0.269 e. The molecule has 8 heteroatoms. The summed E-state index contributed by atoms with van der Waals surface area (Å²) >= 11 is 1.63. The molecule has 0 saturated carbocycles. The molecule has 1 aromatic carbocycles. The molecule has 24 heavy (non-hydrogen) atoms. The van der Waals surface area contributed by atoms with E-state index >= 15 is 0 Å². The van der Waals surface area contributed by atoms with Crippen LogP contribution in [-0.2, 0) is 13.0 Å². The first kappa shape index (κ1) is 15.1. The molecule has 0 saturated heterocycles. The van der Waals surface area contributed by atoms with Crippen LogP contribution in [0.15, 0.2) is 24.3 Å². The highest BCUT2D eigenvalue weighted by Gasteiger charge is 2.32. The summed E-state index contributed by atoms with van der Waals surface area (Å²) in [5.41, 5.74) is 2.75. The van der Waals surface area contributed by atoms with Gasteiger partial charge in [-0.2, -0.15) is 0 Å². The molecular formula is C16H16N4O3S. The monoisotopic (exact) mass is 344 g/mol. The molecule has 124 valence electrons. The fourth-order valence-corrected chi connectivity index (χ4v) is 4.55. The Morgan fingerprint density at radius 1 is 1.29 bits per heavy atom. The van der Waals surface area contributed by atoms with Gasteiger partial charge in [-0.15, -0.1) is 11.3 Å². The zero-order valence-electron chi connectivity index (χ0n) is 13.0. The maximum absolute atomic E-state index is 12.6. The third kappa shape index (κ3) is 2.44. The van der Waals surface area contributed by atoms with Crippen LogP contribution < -0.4 is 10.6 Å². The van der Waals surface area contributed by atoms with Gasteiger partial charge in [0.15, 0.2) is 0 Å². The number of likely N-dealkylation sites (N-methyl/N-ethyl adjacent to an activating group) is 1. The normalized spacial score (nSPS) is 19.9. The molecule has 3 heterocycles. The molecule has 4 rings (SSSR count). The van der Waals surface area contributed by atoms with Gasteiger partial charge in [0, 0.05) is 30.1 Å². The summed E-state index contributed by atoms with van der Waals surface area (Å²) < 4.78 is 0. The number of benzene rings is 1. The lowest BCUT2D eigenvalue weighted by Crippen LogP contribution is -2.38. The second-order valence-electron chi connectivity index (χ2n) is 6.10. The van der Waals surface area contributed by atoms with Gasteiger partial charge in [-0.1, -0.05) is 0 Å². The number of nitrogens with zero attached hydrogens (tertiary/aromatic N) is 2. The first-order chi connectivity index (χ1) is 11.5. The van der Waals surface area contributed by atoms with Crippen LogP contribution in [0.5, 0.6) is 0 Å². The molecule has 0 spiro atoms. The number of rotatable bonds is 2. The molecular weight excluding hydrogens is 328 g/mol. The summed E-state index contributed by atoms with van der Waals surface area (Å²) in [6.45, 7) is 1.82. The van der Waals surface area contributed by atoms with Crippen molar-refractivity contribution in [1.82, 2.24) is 10.2 Å². The Hall–Kier alpha value is -2.45. The molecule has 1 unspecified atom stereocenters. The number of carbonyl (C=O) groups is 1. The van der Waals surface area contributed by atoms with E-state index in [4.69, 9.17) is 0 Å². The highest BCUT2D eigenvalue weighted by atomic mass is 32.1. The SMILES string of the molecule is CN1CCc2c(sc3c2C(=O)NC(c2ccc([N+](=O)[O-])cc2)N3)C1. The summed E-state index contributed by atoms with van der Waals surface area (Å²) in [6.07, 6.45) is 0.512. The number of anilines is 1. The Balaban J connectivity index is 1.64. The van der Waals surface area contributed by atoms with Gasteiger partial charge < -0.3 is 15.5 Å². The number of amides is 1. The largest absolute Gasteiger partial charge is 0.353 e. The molecule has 1 atom stereocenters. The van der Waals surface area contributed by atoms with Gasteiger partial charge in [0.2, 0.25) is 0 Å². The number of carbonyl (C=O) groups excluding carboxylic acids is 1. The molecule has 0 radical (unpaired) electrons. The minimum atomic E-state index is -0.432. The highest BCUT2D eigenvalue weighted by molar-refractivity contribution is 7.16. The quantitative estimate of drug-likeness (QED) is 0.646. The van der Waals surface area contributed by atoms with Crippen LogP contribution in [-0.4, -0.2) is 29.3 Å². The van der Waals surface area contributed by atoms with E-state index in [0.29, 0.717) is 0 Å². The molecule has 7 nitrogen and oxygen atoms in total. The van der Waals surface area contributed by atoms with Crippen LogP contribution in [0.3, 0.4) is 0 Å². The number of hydrogen-bond donors (Lipinski definition) is 2. The van der Waals surface area contributed by atoms with Gasteiger partial charge in [0.05, 0.1) is 10.5 Å². The van der Waals surface area contributed by atoms with E-state index in [0.717, 1.165) is 41.2 Å². The molecule has 1 amide bonds. The fourth-order valence-electron chi connectivity index (χ4n) is 3.20. The summed E-state index contributed by atoms with van der Waals surface area (Å²) in [5, 5.41) is 18.0. The molecule has 0 fully saturated rings. The van der Waals surface area contributed by atoms with Crippen molar-refractivity contribution >= 4 is 27.9 Å². The van der Waals surface area contributed by atoms with Crippen molar-refractivity contribution < 1.29 is 9.72 Å². The average Bonchev–Trinajstić information content (AvgIpc) is 2.92. The van der Waals surface area contributed by atoms with Crippen molar-refractivity contribution in [1.29, 1.82) is 0 Å². The zero-order chi connectivity index (χ0) is 16.8. The van der Waals surface area contributed by atoms with Crippen molar-refractivity contribution in [2.24, 2.45) is 0 Å². The minimum absolute atomic E-state index is 0.0381. The lowest BCUT2D eigenvalue weighted by molar-refractivity contribution is -0.384. The Labute approximate surface area is 142 Å². The number of thiophene rings is 1. The van der Waals surface area contributed by atoms with Crippen molar-refractivity contribution in [3.63, 3.8) is 0 Å². The summed E-state index contributed by atoms with van der Waals surface area (Å²) in [6, 6.07) is 6.24. The third-order valence-electron chi connectivity index (χ3n) is 4.46. The highest BCUT2D eigenvalue weighted by Crippen LogP contribution is 2.40. The summed E-state index contributed by atoms with van der Waals surface area (Å²) in [4.78, 5) is 26.4. The van der Waals surface area contributed by atoms with Crippen molar-refractivity contribution in [2.45, 2.75) is 19.1 Å². The molecule has 2 aliphatic rings. The zero-order valence-corrected chi connectivity index (χ0v) is 13.9. The van der Waals surface area contributed by atoms with E-state index < -0.39 is 4.92 Å². The van der Waals surface area contributed by atoms with Crippen LogP contribution in [0.1, 0.15) is 32.5 Å². The predicted octanol–water partition coefficient (Wildman–Crippen LogP) is 2.50. The number of fused-ring (bicyclic) bond motifs is 3. The van der Waals surface area contributed by atoms with Gasteiger partial charge in [0.25, 0.3) is 11.6 Å². The Bertz CT molecular complexity index is 831. The number of non-ortho nitro benzene ring substituents is 1. The van der Waals surface area contributed by atoms with E-state index in [1.165, 1.54) is 17.0 Å². The van der Waals surface area contributed by atoms with E-state index in [-0.39, 0.29) is 17.8 Å². The second-order valence-corrected chi connectivity index (χ2v) is 7.20. The number of hydrogen-bond acceptors (Lipinski definition) is 6. The van der Waals surface area contributed by atoms with E-state index in [2.05, 4.69) is 22.6 Å². The molecule has 0 aliphatic carbocycles. The van der Waals surface area contributed by atoms with E-state index in [1.807, 2.05) is 0 Å². The van der Waals surface area contributed by atoms with Crippen LogP contribution in [0, 0.1) is 10.1 Å². The van der Waals surface area contributed by atoms with Gasteiger partial charge in [-0.3, -0.25) is 14.9 Å². The summed E-state index contributed by atoms with van der Waals surface area (Å²) in [5.74, 6) is -0.0749.